The normalized spacial score (nSPS) is 11.4. The van der Waals surface area contributed by atoms with Crippen molar-refractivity contribution in [1.29, 1.82) is 0 Å². The molecule has 3 nitrogen and oxygen atoms in total. The first kappa shape index (κ1) is 13.6. The summed E-state index contributed by atoms with van der Waals surface area (Å²) in [5.74, 6) is -0.00694. The van der Waals surface area contributed by atoms with E-state index in [4.69, 9.17) is 0 Å². The first-order chi connectivity index (χ1) is 7.27. The van der Waals surface area contributed by atoms with E-state index in [9.17, 15) is 4.79 Å². The Morgan fingerprint density at radius 1 is 1.20 bits per heavy atom. The van der Waals surface area contributed by atoms with E-state index in [1.54, 1.807) is 0 Å². The molecule has 0 aromatic carbocycles. The fourth-order valence-corrected chi connectivity index (χ4v) is 1.21. The zero-order valence-corrected chi connectivity index (χ0v) is 10.2. The second-order valence-electron chi connectivity index (χ2n) is 2.63. The number of fused-ring (bicyclic) bond motifs is 1. The quantitative estimate of drug-likeness (QED) is 0.712. The maximum absolute atomic E-state index is 11.0. The van der Waals surface area contributed by atoms with Crippen LogP contribution in [-0.4, -0.2) is 10.9 Å². The summed E-state index contributed by atoms with van der Waals surface area (Å²) in [7, 11) is 0. The van der Waals surface area contributed by atoms with Gasteiger partial charge in [0.2, 0.25) is 0 Å². The van der Waals surface area contributed by atoms with Crippen LogP contribution in [0.1, 0.15) is 49.4 Å². The number of amides is 1. The van der Waals surface area contributed by atoms with E-state index >= 15 is 0 Å². The van der Waals surface area contributed by atoms with Crippen LogP contribution >= 0.6 is 0 Å². The lowest BCUT2D eigenvalue weighted by Gasteiger charge is -1.94. The number of nitrogens with one attached hydrogen (secondary N) is 1. The standard InChI is InChI=1S/C8H8N2O.2C2H6/c1-5-2-3-6-7(10-5)4-9-8(6)11;2*1-2/h2-3H,4H2,1H3,(H,9,11);2*1-2H3. The number of aromatic nitrogens is 1. The Kier molecular flexibility index (Phi) is 6.34. The molecular weight excluding hydrogens is 188 g/mol. The van der Waals surface area contributed by atoms with Gasteiger partial charge in [-0.3, -0.25) is 9.78 Å². The second-order valence-corrected chi connectivity index (χ2v) is 2.63. The number of aryl methyl sites for hydroxylation is 1. The smallest absolute Gasteiger partial charge is 0.253 e. The van der Waals surface area contributed by atoms with Crippen LogP contribution in [0.3, 0.4) is 0 Å². The molecule has 0 saturated carbocycles. The summed E-state index contributed by atoms with van der Waals surface area (Å²) in [6.07, 6.45) is 0. The van der Waals surface area contributed by atoms with Gasteiger partial charge in [0.1, 0.15) is 0 Å². The van der Waals surface area contributed by atoms with E-state index in [-0.39, 0.29) is 5.91 Å². The number of hydrogen-bond acceptors (Lipinski definition) is 2. The van der Waals surface area contributed by atoms with Crippen LogP contribution in [-0.2, 0) is 6.54 Å². The Balaban J connectivity index is 0.000000442. The van der Waals surface area contributed by atoms with Crippen molar-refractivity contribution >= 4 is 5.91 Å². The molecule has 0 aliphatic carbocycles. The molecule has 2 heterocycles. The molecule has 15 heavy (non-hydrogen) atoms. The first-order valence-electron chi connectivity index (χ1n) is 5.52. The zero-order chi connectivity index (χ0) is 11.8. The molecule has 3 heteroatoms. The largest absolute Gasteiger partial charge is 0.346 e. The van der Waals surface area contributed by atoms with Crippen molar-refractivity contribution in [2.75, 3.05) is 0 Å². The van der Waals surface area contributed by atoms with Gasteiger partial charge in [0, 0.05) is 5.69 Å². The number of carbonyl (C=O) groups is 1. The highest BCUT2D eigenvalue weighted by molar-refractivity contribution is 5.97. The summed E-state index contributed by atoms with van der Waals surface area (Å²) < 4.78 is 0. The van der Waals surface area contributed by atoms with Gasteiger partial charge in [-0.15, -0.1) is 0 Å². The summed E-state index contributed by atoms with van der Waals surface area (Å²) >= 11 is 0. The number of carbonyl (C=O) groups excluding carboxylic acids is 1. The molecule has 1 amide bonds. The number of hydrogen-bond donors (Lipinski definition) is 1. The van der Waals surface area contributed by atoms with Gasteiger partial charge in [0.15, 0.2) is 0 Å². The van der Waals surface area contributed by atoms with Gasteiger partial charge in [0.25, 0.3) is 5.91 Å². The van der Waals surface area contributed by atoms with Crippen molar-refractivity contribution in [3.8, 4) is 0 Å². The van der Waals surface area contributed by atoms with Crippen LogP contribution in [0, 0.1) is 6.92 Å². The molecule has 2 rings (SSSR count). The van der Waals surface area contributed by atoms with E-state index in [1.807, 2.05) is 46.8 Å². The van der Waals surface area contributed by atoms with Gasteiger partial charge in [0.05, 0.1) is 17.8 Å². The summed E-state index contributed by atoms with van der Waals surface area (Å²) in [5.41, 5.74) is 2.55. The predicted molar refractivity (Wildman–Crippen MR) is 62.8 cm³/mol. The molecule has 0 spiro atoms. The molecule has 0 radical (unpaired) electrons. The van der Waals surface area contributed by atoms with E-state index in [1.165, 1.54) is 0 Å². The summed E-state index contributed by atoms with van der Waals surface area (Å²) in [6, 6.07) is 3.67. The molecule has 0 fully saturated rings. The lowest BCUT2D eigenvalue weighted by Crippen LogP contribution is -2.12. The van der Waals surface area contributed by atoms with Gasteiger partial charge in [-0.05, 0) is 19.1 Å². The highest BCUT2D eigenvalue weighted by atomic mass is 16.1. The molecule has 1 aromatic rings. The van der Waals surface area contributed by atoms with Gasteiger partial charge in [-0.2, -0.15) is 0 Å². The minimum absolute atomic E-state index is 0.00694. The molecule has 0 saturated heterocycles. The number of pyridine rings is 1. The summed E-state index contributed by atoms with van der Waals surface area (Å²) in [5, 5.41) is 2.71. The Bertz CT molecular complexity index is 321. The Morgan fingerprint density at radius 3 is 2.40 bits per heavy atom. The molecule has 1 aromatic heterocycles. The Labute approximate surface area is 91.9 Å². The highest BCUT2D eigenvalue weighted by Gasteiger charge is 2.18. The van der Waals surface area contributed by atoms with Gasteiger partial charge in [-0.25, -0.2) is 0 Å². The maximum Gasteiger partial charge on any atom is 0.253 e. The fourth-order valence-electron chi connectivity index (χ4n) is 1.21. The van der Waals surface area contributed by atoms with Crippen LogP contribution in [0.5, 0.6) is 0 Å². The zero-order valence-electron chi connectivity index (χ0n) is 10.2. The Hall–Kier alpha value is -1.38. The molecule has 1 aliphatic heterocycles. The number of rotatable bonds is 0. The van der Waals surface area contributed by atoms with E-state index in [0.717, 1.165) is 17.0 Å². The molecule has 0 atom stereocenters. The molecule has 1 aliphatic rings. The van der Waals surface area contributed by atoms with E-state index in [0.29, 0.717) is 6.54 Å². The van der Waals surface area contributed by atoms with Crippen molar-refractivity contribution in [2.24, 2.45) is 0 Å². The fraction of sp³-hybridized carbons (Fsp3) is 0.500. The number of nitrogens with zero attached hydrogens (tertiary/aromatic N) is 1. The van der Waals surface area contributed by atoms with Gasteiger partial charge >= 0.3 is 0 Å². The van der Waals surface area contributed by atoms with Gasteiger partial charge < -0.3 is 5.32 Å². The third kappa shape index (κ3) is 3.35. The van der Waals surface area contributed by atoms with Crippen LogP contribution in [0.15, 0.2) is 12.1 Å². The third-order valence-corrected chi connectivity index (χ3v) is 1.77. The average molecular weight is 208 g/mol. The summed E-state index contributed by atoms with van der Waals surface area (Å²) in [6.45, 7) is 10.5. The van der Waals surface area contributed by atoms with Crippen LogP contribution < -0.4 is 5.32 Å². The Morgan fingerprint density at radius 2 is 1.80 bits per heavy atom. The summed E-state index contributed by atoms with van der Waals surface area (Å²) in [4.78, 5) is 15.2. The highest BCUT2D eigenvalue weighted by Crippen LogP contribution is 2.12. The lowest BCUT2D eigenvalue weighted by molar-refractivity contribution is 0.0966. The minimum atomic E-state index is -0.00694. The molecule has 84 valence electrons. The van der Waals surface area contributed by atoms with E-state index in [2.05, 4.69) is 10.3 Å². The van der Waals surface area contributed by atoms with Crippen molar-refractivity contribution in [1.82, 2.24) is 10.3 Å². The van der Waals surface area contributed by atoms with Crippen LogP contribution in [0.2, 0.25) is 0 Å². The van der Waals surface area contributed by atoms with Crippen molar-refractivity contribution in [2.45, 2.75) is 41.2 Å². The van der Waals surface area contributed by atoms with Crippen LogP contribution in [0.4, 0.5) is 0 Å². The molecular formula is C12H20N2O. The average Bonchev–Trinajstić information content (AvgIpc) is 2.65. The molecule has 0 bridgehead atoms. The van der Waals surface area contributed by atoms with E-state index < -0.39 is 0 Å². The minimum Gasteiger partial charge on any atom is -0.346 e. The van der Waals surface area contributed by atoms with Crippen molar-refractivity contribution in [3.05, 3.63) is 29.1 Å². The van der Waals surface area contributed by atoms with Crippen molar-refractivity contribution in [3.63, 3.8) is 0 Å². The molecule has 0 unspecified atom stereocenters. The lowest BCUT2D eigenvalue weighted by atomic mass is 10.2. The van der Waals surface area contributed by atoms with Crippen LogP contribution in [0.25, 0.3) is 0 Å². The maximum atomic E-state index is 11.0. The monoisotopic (exact) mass is 208 g/mol. The first-order valence-corrected chi connectivity index (χ1v) is 5.52. The topological polar surface area (TPSA) is 42.0 Å². The SMILES string of the molecule is CC.CC.Cc1ccc2c(n1)CNC2=O. The predicted octanol–water partition coefficient (Wildman–Crippen LogP) is 2.69. The van der Waals surface area contributed by atoms with Crippen molar-refractivity contribution < 1.29 is 4.79 Å². The third-order valence-electron chi connectivity index (χ3n) is 1.77. The molecule has 1 N–H and O–H groups in total. The van der Waals surface area contributed by atoms with Gasteiger partial charge in [-0.1, -0.05) is 27.7 Å². The second kappa shape index (κ2) is 6.98.